The first-order chi connectivity index (χ1) is 9.08. The predicted molar refractivity (Wildman–Crippen MR) is 76.5 cm³/mol. The molecule has 4 nitrogen and oxygen atoms in total. The van der Waals surface area contributed by atoms with E-state index in [-0.39, 0.29) is 11.9 Å². The number of imidazole rings is 1. The Balaban J connectivity index is 2.52. The second-order valence-corrected chi connectivity index (χ2v) is 4.93. The lowest BCUT2D eigenvalue weighted by Gasteiger charge is -2.12. The molecule has 0 spiro atoms. The van der Waals surface area contributed by atoms with Crippen molar-refractivity contribution < 1.29 is 4.79 Å². The third-order valence-corrected chi connectivity index (χ3v) is 3.46. The van der Waals surface area contributed by atoms with Crippen LogP contribution in [0.25, 0.3) is 5.65 Å². The topological polar surface area (TPSA) is 46.4 Å². The summed E-state index contributed by atoms with van der Waals surface area (Å²) in [4.78, 5) is 17.0. The number of fused-ring (bicyclic) bond motifs is 1. The van der Waals surface area contributed by atoms with E-state index in [4.69, 9.17) is 0 Å². The summed E-state index contributed by atoms with van der Waals surface area (Å²) in [6, 6.07) is 4.13. The number of amides is 1. The second-order valence-electron chi connectivity index (χ2n) is 4.93. The molecule has 0 radical (unpaired) electrons. The summed E-state index contributed by atoms with van der Waals surface area (Å²) in [7, 11) is 0. The molecule has 0 aromatic carbocycles. The van der Waals surface area contributed by atoms with Crippen molar-refractivity contribution >= 4 is 11.6 Å². The summed E-state index contributed by atoms with van der Waals surface area (Å²) in [6.45, 7) is 8.11. The zero-order valence-corrected chi connectivity index (χ0v) is 12.0. The average Bonchev–Trinajstić information content (AvgIpc) is 2.78. The van der Waals surface area contributed by atoms with Gasteiger partial charge in [0.05, 0.1) is 5.69 Å². The van der Waals surface area contributed by atoms with Crippen molar-refractivity contribution in [1.82, 2.24) is 14.7 Å². The van der Waals surface area contributed by atoms with Crippen LogP contribution in [0.5, 0.6) is 0 Å². The van der Waals surface area contributed by atoms with E-state index in [2.05, 4.69) is 17.2 Å². The molecule has 2 aromatic rings. The molecule has 0 aliphatic rings. The predicted octanol–water partition coefficient (Wildman–Crippen LogP) is 2.73. The van der Waals surface area contributed by atoms with Crippen LogP contribution in [0, 0.1) is 6.92 Å². The largest absolute Gasteiger partial charge is 0.348 e. The van der Waals surface area contributed by atoms with E-state index >= 15 is 0 Å². The molecule has 0 saturated carbocycles. The van der Waals surface area contributed by atoms with Gasteiger partial charge in [0.1, 0.15) is 11.3 Å². The zero-order valence-electron chi connectivity index (χ0n) is 12.0. The Hall–Kier alpha value is -1.84. The molecule has 0 bridgehead atoms. The summed E-state index contributed by atoms with van der Waals surface area (Å²) in [5.74, 6) is -0.0377. The molecule has 19 heavy (non-hydrogen) atoms. The SMILES string of the molecule is CCc1nc2c(C)cccn2c1C(=O)NC(C)CC. The van der Waals surface area contributed by atoms with Gasteiger partial charge in [-0.15, -0.1) is 0 Å². The van der Waals surface area contributed by atoms with Crippen LogP contribution in [0.15, 0.2) is 18.3 Å². The number of nitrogens with one attached hydrogen (secondary N) is 1. The van der Waals surface area contributed by atoms with Crippen LogP contribution >= 0.6 is 0 Å². The highest BCUT2D eigenvalue weighted by Crippen LogP contribution is 2.16. The Morgan fingerprint density at radius 2 is 2.21 bits per heavy atom. The van der Waals surface area contributed by atoms with Crippen molar-refractivity contribution in [3.8, 4) is 0 Å². The fourth-order valence-electron chi connectivity index (χ4n) is 2.13. The minimum atomic E-state index is -0.0377. The molecule has 102 valence electrons. The first-order valence-corrected chi connectivity index (χ1v) is 6.85. The number of carbonyl (C=O) groups excluding carboxylic acids is 1. The van der Waals surface area contributed by atoms with Crippen LogP contribution in [0.2, 0.25) is 0 Å². The molecule has 1 N–H and O–H groups in total. The first kappa shape index (κ1) is 13.6. The van der Waals surface area contributed by atoms with Gasteiger partial charge in [-0.25, -0.2) is 4.98 Å². The molecule has 1 atom stereocenters. The summed E-state index contributed by atoms with van der Waals surface area (Å²) in [5, 5.41) is 3.02. The number of nitrogens with zero attached hydrogens (tertiary/aromatic N) is 2. The quantitative estimate of drug-likeness (QED) is 0.917. The maximum atomic E-state index is 12.4. The number of aryl methyl sites for hydroxylation is 2. The van der Waals surface area contributed by atoms with E-state index in [0.29, 0.717) is 5.69 Å². The minimum absolute atomic E-state index is 0.0377. The molecule has 0 aliphatic carbocycles. The van der Waals surface area contributed by atoms with Crippen LogP contribution < -0.4 is 5.32 Å². The van der Waals surface area contributed by atoms with E-state index < -0.39 is 0 Å². The number of rotatable bonds is 4. The molecule has 1 unspecified atom stereocenters. The standard InChI is InChI=1S/C15H21N3O/c1-5-11(4)16-15(19)13-12(6-2)17-14-10(3)8-7-9-18(13)14/h7-9,11H,5-6H2,1-4H3,(H,16,19). The lowest BCUT2D eigenvalue weighted by molar-refractivity contribution is 0.0932. The number of hydrogen-bond acceptors (Lipinski definition) is 2. The highest BCUT2D eigenvalue weighted by molar-refractivity contribution is 5.95. The van der Waals surface area contributed by atoms with Crippen molar-refractivity contribution in [3.63, 3.8) is 0 Å². The molecule has 1 amide bonds. The minimum Gasteiger partial charge on any atom is -0.348 e. The molecule has 0 saturated heterocycles. The Bertz CT molecular complexity index is 601. The Morgan fingerprint density at radius 3 is 2.84 bits per heavy atom. The third-order valence-electron chi connectivity index (χ3n) is 3.46. The average molecular weight is 259 g/mol. The summed E-state index contributed by atoms with van der Waals surface area (Å²) in [5.41, 5.74) is 3.48. The van der Waals surface area contributed by atoms with Gasteiger partial charge in [-0.1, -0.05) is 19.9 Å². The summed E-state index contributed by atoms with van der Waals surface area (Å²) in [6.07, 6.45) is 3.58. The van der Waals surface area contributed by atoms with Crippen molar-refractivity contribution in [2.45, 2.75) is 46.6 Å². The van der Waals surface area contributed by atoms with Crippen LogP contribution in [0.4, 0.5) is 0 Å². The summed E-state index contributed by atoms with van der Waals surface area (Å²) >= 11 is 0. The van der Waals surface area contributed by atoms with Gasteiger partial charge in [-0.3, -0.25) is 9.20 Å². The van der Waals surface area contributed by atoms with Gasteiger partial charge in [-0.05, 0) is 38.3 Å². The van der Waals surface area contributed by atoms with E-state index in [1.807, 2.05) is 43.5 Å². The van der Waals surface area contributed by atoms with Gasteiger partial charge in [0.25, 0.3) is 5.91 Å². The fourth-order valence-corrected chi connectivity index (χ4v) is 2.13. The normalized spacial score (nSPS) is 12.6. The van der Waals surface area contributed by atoms with Crippen LogP contribution in [-0.2, 0) is 6.42 Å². The van der Waals surface area contributed by atoms with E-state index in [0.717, 1.165) is 29.7 Å². The molecule has 0 aliphatic heterocycles. The van der Waals surface area contributed by atoms with Crippen LogP contribution in [-0.4, -0.2) is 21.3 Å². The third kappa shape index (κ3) is 2.48. The van der Waals surface area contributed by atoms with Gasteiger partial charge in [0.2, 0.25) is 0 Å². The Labute approximate surface area is 113 Å². The van der Waals surface area contributed by atoms with Gasteiger partial charge < -0.3 is 5.32 Å². The molecule has 0 fully saturated rings. The fraction of sp³-hybridized carbons (Fsp3) is 0.467. The highest BCUT2D eigenvalue weighted by atomic mass is 16.2. The van der Waals surface area contributed by atoms with E-state index in [1.165, 1.54) is 0 Å². The molecule has 2 heterocycles. The van der Waals surface area contributed by atoms with Gasteiger partial charge >= 0.3 is 0 Å². The molecule has 2 rings (SSSR count). The molecular weight excluding hydrogens is 238 g/mol. The van der Waals surface area contributed by atoms with Crippen molar-refractivity contribution in [3.05, 3.63) is 35.3 Å². The maximum absolute atomic E-state index is 12.4. The highest BCUT2D eigenvalue weighted by Gasteiger charge is 2.19. The Morgan fingerprint density at radius 1 is 1.47 bits per heavy atom. The lowest BCUT2D eigenvalue weighted by Crippen LogP contribution is -2.33. The maximum Gasteiger partial charge on any atom is 0.270 e. The first-order valence-electron chi connectivity index (χ1n) is 6.85. The van der Waals surface area contributed by atoms with Crippen molar-refractivity contribution in [2.24, 2.45) is 0 Å². The Kier molecular flexibility index (Phi) is 3.88. The van der Waals surface area contributed by atoms with E-state index in [1.54, 1.807) is 0 Å². The number of pyridine rings is 1. The van der Waals surface area contributed by atoms with Crippen molar-refractivity contribution in [2.75, 3.05) is 0 Å². The summed E-state index contributed by atoms with van der Waals surface area (Å²) < 4.78 is 1.89. The molecule has 4 heteroatoms. The van der Waals surface area contributed by atoms with Gasteiger partial charge in [-0.2, -0.15) is 0 Å². The number of hydrogen-bond donors (Lipinski definition) is 1. The van der Waals surface area contributed by atoms with Crippen LogP contribution in [0.3, 0.4) is 0 Å². The van der Waals surface area contributed by atoms with Crippen LogP contribution in [0.1, 0.15) is 48.9 Å². The zero-order chi connectivity index (χ0) is 14.0. The van der Waals surface area contributed by atoms with Gasteiger partial charge in [0.15, 0.2) is 0 Å². The lowest BCUT2D eigenvalue weighted by atomic mass is 10.2. The number of aromatic nitrogens is 2. The molecular formula is C15H21N3O. The monoisotopic (exact) mass is 259 g/mol. The van der Waals surface area contributed by atoms with E-state index in [9.17, 15) is 4.79 Å². The second kappa shape index (κ2) is 5.43. The van der Waals surface area contributed by atoms with Crippen molar-refractivity contribution in [1.29, 1.82) is 0 Å². The number of carbonyl (C=O) groups is 1. The molecule has 2 aromatic heterocycles. The van der Waals surface area contributed by atoms with Gasteiger partial charge in [0, 0.05) is 12.2 Å². The smallest absolute Gasteiger partial charge is 0.270 e.